The van der Waals surface area contributed by atoms with Crippen molar-refractivity contribution < 1.29 is 17.5 Å². The van der Waals surface area contributed by atoms with Crippen LogP contribution in [0.3, 0.4) is 0 Å². The summed E-state index contributed by atoms with van der Waals surface area (Å²) >= 11 is 0. The highest BCUT2D eigenvalue weighted by atomic mass is 32.2. The number of nitrogens with one attached hydrogen (secondary N) is 2. The zero-order valence-corrected chi connectivity index (χ0v) is 13.7. The molecular weight excluding hydrogens is 295 g/mol. The summed E-state index contributed by atoms with van der Waals surface area (Å²) in [4.78, 5) is -0.0314. The van der Waals surface area contributed by atoms with E-state index in [1.54, 1.807) is 14.0 Å². The smallest absolute Gasteiger partial charge is 0.241 e. The minimum Gasteiger partial charge on any atom is -0.380 e. The maximum Gasteiger partial charge on any atom is 0.241 e. The number of ether oxygens (including phenoxy) is 1. The quantitative estimate of drug-likeness (QED) is 0.763. The van der Waals surface area contributed by atoms with E-state index in [1.165, 1.54) is 19.1 Å². The predicted octanol–water partition coefficient (Wildman–Crippen LogP) is 1.56. The summed E-state index contributed by atoms with van der Waals surface area (Å²) in [5, 5.41) is 2.88. The third-order valence-corrected chi connectivity index (χ3v) is 4.67. The zero-order valence-electron chi connectivity index (χ0n) is 12.9. The van der Waals surface area contributed by atoms with Crippen LogP contribution in [0.4, 0.5) is 4.39 Å². The molecule has 0 aliphatic heterocycles. The first-order chi connectivity index (χ1) is 9.81. The molecule has 0 heterocycles. The van der Waals surface area contributed by atoms with Gasteiger partial charge < -0.3 is 10.1 Å². The lowest BCUT2D eigenvalue weighted by Crippen LogP contribution is -2.36. The molecule has 0 spiro atoms. The van der Waals surface area contributed by atoms with Crippen LogP contribution in [-0.4, -0.2) is 34.7 Å². The number of rotatable bonds is 8. The topological polar surface area (TPSA) is 67.4 Å². The Balaban J connectivity index is 3.06. The maximum atomic E-state index is 13.9. The van der Waals surface area contributed by atoms with Crippen LogP contribution >= 0.6 is 0 Å². The molecule has 5 nitrogen and oxygen atoms in total. The van der Waals surface area contributed by atoms with E-state index in [9.17, 15) is 12.8 Å². The molecule has 0 fully saturated rings. The van der Waals surface area contributed by atoms with E-state index in [1.807, 2.05) is 6.92 Å². The predicted molar refractivity (Wildman–Crippen MR) is 80.2 cm³/mol. The van der Waals surface area contributed by atoms with Gasteiger partial charge in [0.1, 0.15) is 5.82 Å². The summed E-state index contributed by atoms with van der Waals surface area (Å²) < 4.78 is 46.3. The number of halogens is 1. The van der Waals surface area contributed by atoms with Gasteiger partial charge in [-0.1, -0.05) is 0 Å². The standard InChI is InChI=1S/C14H23FN2O3S/c1-5-20-9-10(2)17-21(18,19)14-7-12(8-16-4)6-13(15)11(14)3/h6-7,10,16-17H,5,8-9H2,1-4H3. The Morgan fingerprint density at radius 3 is 2.62 bits per heavy atom. The van der Waals surface area contributed by atoms with Crippen molar-refractivity contribution >= 4 is 10.0 Å². The van der Waals surface area contributed by atoms with Crippen molar-refractivity contribution in [3.05, 3.63) is 29.1 Å². The molecule has 1 rings (SSSR count). The molecule has 0 saturated heterocycles. The molecule has 0 aromatic heterocycles. The SMILES string of the molecule is CCOCC(C)NS(=O)(=O)c1cc(CNC)cc(F)c1C. The Labute approximate surface area is 125 Å². The number of benzene rings is 1. The molecular formula is C14H23FN2O3S. The van der Waals surface area contributed by atoms with Crippen LogP contribution < -0.4 is 10.0 Å². The first-order valence-electron chi connectivity index (χ1n) is 6.85. The van der Waals surface area contributed by atoms with Gasteiger partial charge in [0.2, 0.25) is 10.0 Å². The van der Waals surface area contributed by atoms with Crippen molar-refractivity contribution in [2.45, 2.75) is 38.3 Å². The van der Waals surface area contributed by atoms with E-state index in [4.69, 9.17) is 4.74 Å². The summed E-state index contributed by atoms with van der Waals surface area (Å²) in [5.41, 5.74) is 0.699. The summed E-state index contributed by atoms with van der Waals surface area (Å²) in [6.07, 6.45) is 0. The molecule has 1 aromatic rings. The highest BCUT2D eigenvalue weighted by Crippen LogP contribution is 2.21. The highest BCUT2D eigenvalue weighted by Gasteiger charge is 2.22. The molecule has 0 aliphatic carbocycles. The van der Waals surface area contributed by atoms with E-state index >= 15 is 0 Å². The Morgan fingerprint density at radius 2 is 2.05 bits per heavy atom. The second-order valence-electron chi connectivity index (χ2n) is 4.91. The minimum atomic E-state index is -3.78. The molecule has 0 bridgehead atoms. The second-order valence-corrected chi connectivity index (χ2v) is 6.60. The highest BCUT2D eigenvalue weighted by molar-refractivity contribution is 7.89. The average Bonchev–Trinajstić information content (AvgIpc) is 2.40. The third-order valence-electron chi connectivity index (χ3n) is 2.96. The van der Waals surface area contributed by atoms with Gasteiger partial charge in [-0.2, -0.15) is 0 Å². The fourth-order valence-electron chi connectivity index (χ4n) is 1.95. The molecule has 1 aromatic carbocycles. The van der Waals surface area contributed by atoms with Gasteiger partial charge in [-0.15, -0.1) is 0 Å². The van der Waals surface area contributed by atoms with Crippen molar-refractivity contribution in [2.24, 2.45) is 0 Å². The lowest BCUT2D eigenvalue weighted by molar-refractivity contribution is 0.133. The third kappa shape index (κ3) is 5.03. The molecule has 0 amide bonds. The molecule has 7 heteroatoms. The van der Waals surface area contributed by atoms with Crippen LogP contribution in [0.1, 0.15) is 25.0 Å². The van der Waals surface area contributed by atoms with Crippen LogP contribution in [0.25, 0.3) is 0 Å². The molecule has 1 unspecified atom stereocenters. The second kappa shape index (κ2) is 7.84. The van der Waals surface area contributed by atoms with E-state index in [0.717, 1.165) is 0 Å². The van der Waals surface area contributed by atoms with Crippen molar-refractivity contribution in [1.29, 1.82) is 0 Å². The Bertz CT molecular complexity index is 576. The molecule has 0 aliphatic rings. The largest absolute Gasteiger partial charge is 0.380 e. The van der Waals surface area contributed by atoms with E-state index in [-0.39, 0.29) is 23.1 Å². The minimum absolute atomic E-state index is 0.0314. The zero-order chi connectivity index (χ0) is 16.0. The van der Waals surface area contributed by atoms with Gasteiger partial charge >= 0.3 is 0 Å². The van der Waals surface area contributed by atoms with Crippen molar-refractivity contribution in [3.63, 3.8) is 0 Å². The normalized spacial score (nSPS) is 13.4. The summed E-state index contributed by atoms with van der Waals surface area (Å²) in [6, 6.07) is 2.45. The molecule has 2 N–H and O–H groups in total. The first-order valence-corrected chi connectivity index (χ1v) is 8.33. The van der Waals surface area contributed by atoms with Gasteiger partial charge in [0.05, 0.1) is 11.5 Å². The van der Waals surface area contributed by atoms with Gasteiger partial charge in [-0.3, -0.25) is 0 Å². The molecule has 0 radical (unpaired) electrons. The molecule has 120 valence electrons. The van der Waals surface area contributed by atoms with Crippen LogP contribution in [0.2, 0.25) is 0 Å². The van der Waals surface area contributed by atoms with Gasteiger partial charge in [-0.25, -0.2) is 17.5 Å². The number of hydrogen-bond acceptors (Lipinski definition) is 4. The van der Waals surface area contributed by atoms with Gasteiger partial charge in [0.25, 0.3) is 0 Å². The van der Waals surface area contributed by atoms with E-state index < -0.39 is 15.8 Å². The average molecular weight is 318 g/mol. The van der Waals surface area contributed by atoms with Crippen molar-refractivity contribution in [1.82, 2.24) is 10.0 Å². The lowest BCUT2D eigenvalue weighted by Gasteiger charge is -2.16. The van der Waals surface area contributed by atoms with Gasteiger partial charge in [-0.05, 0) is 45.5 Å². The van der Waals surface area contributed by atoms with Crippen LogP contribution in [0.5, 0.6) is 0 Å². The monoisotopic (exact) mass is 318 g/mol. The molecule has 0 saturated carbocycles. The lowest BCUT2D eigenvalue weighted by atomic mass is 10.1. The Kier molecular flexibility index (Phi) is 6.73. The summed E-state index contributed by atoms with van der Waals surface area (Å²) in [7, 11) is -2.07. The van der Waals surface area contributed by atoms with Crippen LogP contribution in [-0.2, 0) is 21.3 Å². The summed E-state index contributed by atoms with van der Waals surface area (Å²) in [6.45, 7) is 6.18. The fraction of sp³-hybridized carbons (Fsp3) is 0.571. The summed E-state index contributed by atoms with van der Waals surface area (Å²) in [5.74, 6) is -0.527. The maximum absolute atomic E-state index is 13.9. The van der Waals surface area contributed by atoms with Gasteiger partial charge in [0.15, 0.2) is 0 Å². The van der Waals surface area contributed by atoms with Gasteiger partial charge in [0, 0.05) is 24.8 Å². The van der Waals surface area contributed by atoms with E-state index in [2.05, 4.69) is 10.0 Å². The van der Waals surface area contributed by atoms with Crippen molar-refractivity contribution in [3.8, 4) is 0 Å². The van der Waals surface area contributed by atoms with Crippen molar-refractivity contribution in [2.75, 3.05) is 20.3 Å². The van der Waals surface area contributed by atoms with Crippen LogP contribution in [0, 0.1) is 12.7 Å². The van der Waals surface area contributed by atoms with Crippen LogP contribution in [0.15, 0.2) is 17.0 Å². The van der Waals surface area contributed by atoms with E-state index in [0.29, 0.717) is 18.7 Å². The first kappa shape index (κ1) is 18.0. The number of hydrogen-bond donors (Lipinski definition) is 2. The molecule has 21 heavy (non-hydrogen) atoms. The molecule has 1 atom stereocenters. The Morgan fingerprint density at radius 1 is 1.38 bits per heavy atom. The number of sulfonamides is 1. The fourth-order valence-corrected chi connectivity index (χ4v) is 3.48. The Hall–Kier alpha value is -1.02.